The van der Waals surface area contributed by atoms with E-state index < -0.39 is 16.0 Å². The number of aliphatic carboxylic acids is 1. The summed E-state index contributed by atoms with van der Waals surface area (Å²) in [6.45, 7) is 2.58. The fraction of sp³-hybridized carbons (Fsp3) is 0.458. The molecule has 2 amide bonds. The van der Waals surface area contributed by atoms with Crippen molar-refractivity contribution in [3.8, 4) is 0 Å². The Morgan fingerprint density at radius 2 is 1.53 bits per heavy atom. The smallest absolute Gasteiger partial charge is 0.328 e. The highest BCUT2D eigenvalue weighted by molar-refractivity contribution is 7.89. The Bertz CT molecular complexity index is 1140. The summed E-state index contributed by atoms with van der Waals surface area (Å²) in [5.74, 6) is -1.13. The van der Waals surface area contributed by atoms with Gasteiger partial charge in [-0.05, 0) is 42.0 Å². The number of carboxylic acids is 1. The van der Waals surface area contributed by atoms with Gasteiger partial charge in [0.2, 0.25) is 21.8 Å². The van der Waals surface area contributed by atoms with Gasteiger partial charge in [-0.2, -0.15) is 4.31 Å². The molecule has 4 aliphatic rings. The van der Waals surface area contributed by atoms with Crippen LogP contribution in [0.2, 0.25) is 0 Å². The monoisotopic (exact) mass is 485 g/mol. The molecule has 180 valence electrons. The van der Waals surface area contributed by atoms with Gasteiger partial charge in [0.05, 0.1) is 16.7 Å². The first-order valence-corrected chi connectivity index (χ1v) is 13.0. The number of carbonyl (C=O) groups excluding carboxylic acids is 2. The zero-order valence-electron chi connectivity index (χ0n) is 18.6. The molecule has 0 radical (unpaired) electrons. The van der Waals surface area contributed by atoms with Crippen molar-refractivity contribution >= 4 is 33.9 Å². The van der Waals surface area contributed by atoms with Gasteiger partial charge in [0.15, 0.2) is 0 Å². The molecule has 2 aliphatic carbocycles. The molecule has 10 heteroatoms. The third kappa shape index (κ3) is 3.99. The van der Waals surface area contributed by atoms with Gasteiger partial charge in [-0.3, -0.25) is 19.4 Å². The largest absolute Gasteiger partial charge is 0.478 e. The van der Waals surface area contributed by atoms with Gasteiger partial charge in [-0.25, -0.2) is 13.2 Å². The number of piperazine rings is 1. The predicted octanol–water partition coefficient (Wildman–Crippen LogP) is 0.898. The van der Waals surface area contributed by atoms with Crippen LogP contribution in [0.5, 0.6) is 0 Å². The minimum atomic E-state index is -3.66. The molecular formula is C24H27N3O6S. The predicted molar refractivity (Wildman–Crippen MR) is 123 cm³/mol. The lowest BCUT2D eigenvalue weighted by atomic mass is 9.85. The number of sulfonamides is 1. The van der Waals surface area contributed by atoms with Gasteiger partial charge >= 0.3 is 5.97 Å². The second-order valence-corrected chi connectivity index (χ2v) is 11.3. The molecule has 2 bridgehead atoms. The fourth-order valence-electron chi connectivity index (χ4n) is 5.69. The minimum absolute atomic E-state index is 0.0466. The summed E-state index contributed by atoms with van der Waals surface area (Å²) in [6.07, 6.45) is 7.49. The average Bonchev–Trinajstić information content (AvgIpc) is 3.51. The first-order valence-electron chi connectivity index (χ1n) is 11.5. The lowest BCUT2D eigenvalue weighted by molar-refractivity contribution is -0.141. The standard InChI is InChI=1S/C24H27N3O6S/c28-20(29)8-3-16-1-6-19(7-2-16)34(32,33)26-12-9-25(10-13-26)11-14-27-23(30)21-17-4-5-18(15-17)22(21)24(27)31/h1-8,17-18,21-22H,9-15H2,(H,28,29)/b8-3+/t17-,18+,21-,22+. The molecule has 3 fully saturated rings. The molecule has 2 heterocycles. The first kappa shape index (κ1) is 22.9. The van der Waals surface area contributed by atoms with Crippen LogP contribution in [0.25, 0.3) is 6.08 Å². The highest BCUT2D eigenvalue weighted by Gasteiger charge is 2.59. The van der Waals surface area contributed by atoms with Crippen molar-refractivity contribution in [1.82, 2.24) is 14.1 Å². The van der Waals surface area contributed by atoms with Crippen LogP contribution >= 0.6 is 0 Å². The maximum absolute atomic E-state index is 13.0. The van der Waals surface area contributed by atoms with Crippen molar-refractivity contribution < 1.29 is 27.9 Å². The summed E-state index contributed by atoms with van der Waals surface area (Å²) >= 11 is 0. The molecule has 5 rings (SSSR count). The lowest BCUT2D eigenvalue weighted by Gasteiger charge is -2.34. The Morgan fingerprint density at radius 1 is 0.941 bits per heavy atom. The molecule has 0 unspecified atom stereocenters. The van der Waals surface area contributed by atoms with Crippen molar-refractivity contribution in [3.05, 3.63) is 48.1 Å². The van der Waals surface area contributed by atoms with Crippen LogP contribution < -0.4 is 0 Å². The number of hydrogen-bond acceptors (Lipinski definition) is 6. The van der Waals surface area contributed by atoms with E-state index in [1.54, 1.807) is 12.1 Å². The number of carbonyl (C=O) groups is 3. The quantitative estimate of drug-likeness (QED) is 0.347. The van der Waals surface area contributed by atoms with Crippen molar-refractivity contribution in [2.45, 2.75) is 11.3 Å². The Morgan fingerprint density at radius 3 is 2.09 bits per heavy atom. The summed E-state index contributed by atoms with van der Waals surface area (Å²) in [4.78, 5) is 40.0. The fourth-order valence-corrected chi connectivity index (χ4v) is 7.11. The Kier molecular flexibility index (Phi) is 5.91. The lowest BCUT2D eigenvalue weighted by Crippen LogP contribution is -2.50. The van der Waals surface area contributed by atoms with E-state index in [0.29, 0.717) is 44.8 Å². The van der Waals surface area contributed by atoms with E-state index >= 15 is 0 Å². The molecule has 2 saturated heterocycles. The Labute approximate surface area is 198 Å². The number of carboxylic acid groups (broad SMARTS) is 1. The molecule has 1 N–H and O–H groups in total. The van der Waals surface area contributed by atoms with E-state index in [1.807, 2.05) is 0 Å². The van der Waals surface area contributed by atoms with E-state index in [4.69, 9.17) is 5.11 Å². The number of fused-ring (bicyclic) bond motifs is 5. The van der Waals surface area contributed by atoms with E-state index in [9.17, 15) is 22.8 Å². The number of amides is 2. The Balaban J connectivity index is 1.14. The third-order valence-corrected chi connectivity index (χ3v) is 9.38. The van der Waals surface area contributed by atoms with Crippen LogP contribution in [0.15, 0.2) is 47.4 Å². The number of benzene rings is 1. The van der Waals surface area contributed by atoms with Gasteiger partial charge < -0.3 is 5.11 Å². The molecule has 34 heavy (non-hydrogen) atoms. The zero-order valence-corrected chi connectivity index (χ0v) is 19.4. The van der Waals surface area contributed by atoms with Crippen LogP contribution in [0.1, 0.15) is 12.0 Å². The molecule has 1 aromatic carbocycles. The highest BCUT2D eigenvalue weighted by atomic mass is 32.2. The first-order chi connectivity index (χ1) is 16.3. The molecule has 2 aliphatic heterocycles. The van der Waals surface area contributed by atoms with Gasteiger partial charge in [-0.1, -0.05) is 24.3 Å². The van der Waals surface area contributed by atoms with Crippen LogP contribution in [0, 0.1) is 23.7 Å². The second kappa shape index (κ2) is 8.75. The molecule has 1 aromatic rings. The molecule has 9 nitrogen and oxygen atoms in total. The topological polar surface area (TPSA) is 115 Å². The van der Waals surface area contributed by atoms with E-state index in [1.165, 1.54) is 27.4 Å². The molecule has 4 atom stereocenters. The highest BCUT2D eigenvalue weighted by Crippen LogP contribution is 2.52. The molecule has 1 saturated carbocycles. The summed E-state index contributed by atoms with van der Waals surface area (Å²) < 4.78 is 27.4. The van der Waals surface area contributed by atoms with Crippen LogP contribution in [0.4, 0.5) is 0 Å². The summed E-state index contributed by atoms with van der Waals surface area (Å²) in [5, 5.41) is 8.70. The van der Waals surface area contributed by atoms with Gasteiger partial charge in [0.25, 0.3) is 0 Å². The van der Waals surface area contributed by atoms with Gasteiger partial charge in [-0.15, -0.1) is 0 Å². The van der Waals surface area contributed by atoms with Crippen LogP contribution in [0.3, 0.4) is 0 Å². The van der Waals surface area contributed by atoms with Crippen LogP contribution in [-0.2, 0) is 24.4 Å². The molecule has 0 spiro atoms. The van der Waals surface area contributed by atoms with Crippen LogP contribution in [-0.4, -0.2) is 84.7 Å². The van der Waals surface area contributed by atoms with Crippen molar-refractivity contribution in [2.24, 2.45) is 23.7 Å². The van der Waals surface area contributed by atoms with Crippen molar-refractivity contribution in [1.29, 1.82) is 0 Å². The minimum Gasteiger partial charge on any atom is -0.478 e. The number of nitrogens with zero attached hydrogens (tertiary/aromatic N) is 3. The third-order valence-electron chi connectivity index (χ3n) is 7.47. The van der Waals surface area contributed by atoms with Crippen molar-refractivity contribution in [2.75, 3.05) is 39.3 Å². The zero-order chi connectivity index (χ0) is 24.0. The van der Waals surface area contributed by atoms with Gasteiger partial charge in [0.1, 0.15) is 0 Å². The van der Waals surface area contributed by atoms with E-state index in [-0.39, 0.29) is 40.4 Å². The summed E-state index contributed by atoms with van der Waals surface area (Å²) in [5.41, 5.74) is 0.602. The number of hydrogen-bond donors (Lipinski definition) is 1. The maximum Gasteiger partial charge on any atom is 0.328 e. The molecular weight excluding hydrogens is 458 g/mol. The summed E-state index contributed by atoms with van der Waals surface area (Å²) in [7, 11) is -3.66. The summed E-state index contributed by atoms with van der Waals surface area (Å²) in [6, 6.07) is 6.10. The Hall–Kier alpha value is -2.82. The number of imide groups is 1. The van der Waals surface area contributed by atoms with Crippen molar-refractivity contribution in [3.63, 3.8) is 0 Å². The normalized spacial score (nSPS) is 29.5. The number of rotatable bonds is 7. The molecule has 0 aromatic heterocycles. The van der Waals surface area contributed by atoms with E-state index in [0.717, 1.165) is 12.5 Å². The van der Waals surface area contributed by atoms with Gasteiger partial charge in [0, 0.05) is 45.3 Å². The maximum atomic E-state index is 13.0. The second-order valence-electron chi connectivity index (χ2n) is 9.31. The average molecular weight is 486 g/mol. The van der Waals surface area contributed by atoms with E-state index in [2.05, 4.69) is 17.1 Å². The SMILES string of the molecule is O=C(O)/C=C/c1ccc(S(=O)(=O)N2CCN(CCN3C(=O)[C@@H]4[C@H](C3=O)[C@@H]3C=C[C@H]4C3)CC2)cc1. The number of likely N-dealkylation sites (tertiary alicyclic amines) is 1. The number of allylic oxidation sites excluding steroid dienone is 2.